The molecule has 0 aliphatic heterocycles. The Hall–Kier alpha value is -3.91. The Labute approximate surface area is 255 Å². The zero-order valence-corrected chi connectivity index (χ0v) is 27.2. The van der Waals surface area contributed by atoms with Crippen molar-refractivity contribution >= 4 is 42.0 Å². The summed E-state index contributed by atoms with van der Waals surface area (Å²) in [7, 11) is 0.0329. The number of hydrogen-bond acceptors (Lipinski definition) is 8. The van der Waals surface area contributed by atoms with Crippen LogP contribution >= 0.6 is 0 Å². The van der Waals surface area contributed by atoms with Crippen molar-refractivity contribution in [2.24, 2.45) is 0 Å². The molecule has 4 rings (SSSR count). The molecule has 0 bridgehead atoms. The van der Waals surface area contributed by atoms with Crippen molar-refractivity contribution in [3.05, 3.63) is 36.2 Å². The zero-order chi connectivity index (χ0) is 32.2. The molecule has 14 heteroatoms. The summed E-state index contributed by atoms with van der Waals surface area (Å²) in [6, 6.07) is 5.52. The maximum absolute atomic E-state index is 13.4. The molecule has 11 nitrogen and oxygen atoms in total. The zero-order valence-electron chi connectivity index (χ0n) is 26.2. The van der Waals surface area contributed by atoms with E-state index in [0.717, 1.165) is 6.04 Å². The van der Waals surface area contributed by atoms with Gasteiger partial charge in [0.2, 0.25) is 0 Å². The van der Waals surface area contributed by atoms with Crippen LogP contribution in [-0.2, 0) is 27.5 Å². The van der Waals surface area contributed by atoms with E-state index < -0.39 is 20.2 Å². The van der Waals surface area contributed by atoms with E-state index in [4.69, 9.17) is 19.6 Å². The van der Waals surface area contributed by atoms with Crippen LogP contribution in [0.5, 0.6) is 5.75 Å². The number of alkyl halides is 2. The number of fused-ring (bicyclic) bond motifs is 2. The van der Waals surface area contributed by atoms with Crippen LogP contribution < -0.4 is 10.1 Å². The number of ether oxygens (including phenoxy) is 3. The monoisotopic (exact) mass is 630 g/mol. The van der Waals surface area contributed by atoms with Crippen LogP contribution in [0, 0.1) is 0 Å². The number of amides is 1. The first-order valence-electron chi connectivity index (χ1n) is 14.4. The predicted molar refractivity (Wildman–Crippen MR) is 165 cm³/mol. The van der Waals surface area contributed by atoms with Crippen molar-refractivity contribution in [1.29, 1.82) is 0 Å². The highest BCUT2D eigenvalue weighted by molar-refractivity contribution is 6.76. The van der Waals surface area contributed by atoms with E-state index in [1.807, 2.05) is 20.8 Å². The second-order valence-electron chi connectivity index (χ2n) is 12.8. The second kappa shape index (κ2) is 13.4. The summed E-state index contributed by atoms with van der Waals surface area (Å²) in [5.74, 6) is -0.704. The highest BCUT2D eigenvalue weighted by Gasteiger charge is 2.24. The van der Waals surface area contributed by atoms with Crippen molar-refractivity contribution < 1.29 is 32.6 Å². The molecule has 1 amide bonds. The number of carbonyl (C=O) groups is 2. The van der Waals surface area contributed by atoms with Crippen molar-refractivity contribution in [2.45, 2.75) is 84.7 Å². The summed E-state index contributed by atoms with van der Waals surface area (Å²) < 4.78 is 44.9. The number of hydrogen-bond donors (Lipinski definition) is 1. The Balaban J connectivity index is 1.78. The van der Waals surface area contributed by atoms with Gasteiger partial charge in [-0.25, -0.2) is 9.97 Å². The average Bonchev–Trinajstić information content (AvgIpc) is 3.47. The lowest BCUT2D eigenvalue weighted by Gasteiger charge is -2.20. The quantitative estimate of drug-likeness (QED) is 0.111. The van der Waals surface area contributed by atoms with Gasteiger partial charge in [0.05, 0.1) is 24.4 Å². The van der Waals surface area contributed by atoms with Gasteiger partial charge in [-0.2, -0.15) is 13.9 Å². The maximum atomic E-state index is 13.4. The van der Waals surface area contributed by atoms with E-state index in [1.165, 1.54) is 25.4 Å². The van der Waals surface area contributed by atoms with E-state index in [0.29, 0.717) is 58.6 Å². The summed E-state index contributed by atoms with van der Waals surface area (Å²) in [4.78, 5) is 34.5. The molecule has 0 spiro atoms. The molecule has 0 unspecified atom stereocenters. The number of esters is 1. The molecule has 3 heterocycles. The number of nitrogens with one attached hydrogen (secondary N) is 1. The SMILES string of the molecule is COC(=O)CCCn1nc(-c2cnc3c(n2)c(C(=O)NC(C)(C)C)cn3COCC[Si](C)(C)C)c2cc(OC(F)F)ccc21. The molecule has 1 N–H and O–H groups in total. The normalized spacial score (nSPS) is 12.3. The molecule has 0 fully saturated rings. The van der Waals surface area contributed by atoms with E-state index in [-0.39, 0.29) is 30.8 Å². The molecule has 1 aromatic carbocycles. The number of aryl methyl sites for hydroxylation is 1. The van der Waals surface area contributed by atoms with Gasteiger partial charge in [-0.3, -0.25) is 14.3 Å². The van der Waals surface area contributed by atoms with Crippen LogP contribution in [0.25, 0.3) is 33.5 Å². The number of rotatable bonds is 13. The summed E-state index contributed by atoms with van der Waals surface area (Å²) in [5, 5.41) is 8.21. The van der Waals surface area contributed by atoms with Gasteiger partial charge in [0.1, 0.15) is 29.4 Å². The van der Waals surface area contributed by atoms with Gasteiger partial charge < -0.3 is 24.1 Å². The minimum absolute atomic E-state index is 0.0382. The number of benzene rings is 1. The number of carbonyl (C=O) groups excluding carboxylic acids is 2. The number of aromatic nitrogens is 5. The molecular formula is C30H40F2N6O5Si. The summed E-state index contributed by atoms with van der Waals surface area (Å²) in [6.07, 6.45) is 3.85. The minimum Gasteiger partial charge on any atom is -0.469 e. The van der Waals surface area contributed by atoms with Crippen molar-refractivity contribution in [2.75, 3.05) is 13.7 Å². The molecule has 0 saturated carbocycles. The van der Waals surface area contributed by atoms with Crippen LogP contribution in [0.3, 0.4) is 0 Å². The Morgan fingerprint density at radius 1 is 1.16 bits per heavy atom. The third-order valence-corrected chi connectivity index (χ3v) is 8.40. The third kappa shape index (κ3) is 8.38. The Bertz CT molecular complexity index is 1640. The van der Waals surface area contributed by atoms with Gasteiger partial charge in [-0.05, 0) is 51.4 Å². The van der Waals surface area contributed by atoms with Crippen LogP contribution in [0.4, 0.5) is 8.78 Å². The Morgan fingerprint density at radius 3 is 2.57 bits per heavy atom. The third-order valence-electron chi connectivity index (χ3n) is 6.69. The van der Waals surface area contributed by atoms with Crippen molar-refractivity contribution in [3.63, 3.8) is 0 Å². The van der Waals surface area contributed by atoms with Crippen LogP contribution in [0.1, 0.15) is 44.0 Å². The van der Waals surface area contributed by atoms with Gasteiger partial charge >= 0.3 is 12.6 Å². The fourth-order valence-electron chi connectivity index (χ4n) is 4.55. The number of halogens is 2. The van der Waals surface area contributed by atoms with Crippen molar-refractivity contribution in [1.82, 2.24) is 29.6 Å². The van der Waals surface area contributed by atoms with E-state index in [1.54, 1.807) is 21.5 Å². The molecule has 0 saturated heterocycles. The summed E-state index contributed by atoms with van der Waals surface area (Å²) in [5.41, 5.74) is 1.98. The first kappa shape index (κ1) is 33.0. The van der Waals surface area contributed by atoms with Crippen LogP contribution in [-0.4, -0.2) is 70.1 Å². The predicted octanol–water partition coefficient (Wildman–Crippen LogP) is 5.84. The molecule has 0 aliphatic rings. The summed E-state index contributed by atoms with van der Waals surface area (Å²) in [6.45, 7) is 10.6. The highest BCUT2D eigenvalue weighted by atomic mass is 28.3. The molecule has 3 aromatic heterocycles. The first-order chi connectivity index (χ1) is 20.6. The van der Waals surface area contributed by atoms with Gasteiger partial charge in [0.25, 0.3) is 5.91 Å². The summed E-state index contributed by atoms with van der Waals surface area (Å²) >= 11 is 0. The van der Waals surface area contributed by atoms with Gasteiger partial charge in [0, 0.05) is 44.8 Å². The van der Waals surface area contributed by atoms with E-state index >= 15 is 0 Å². The molecular weight excluding hydrogens is 590 g/mol. The topological polar surface area (TPSA) is 122 Å². The van der Waals surface area contributed by atoms with Crippen LogP contribution in [0.15, 0.2) is 30.6 Å². The molecule has 0 radical (unpaired) electrons. The lowest BCUT2D eigenvalue weighted by molar-refractivity contribution is -0.140. The van der Waals surface area contributed by atoms with Gasteiger partial charge in [-0.1, -0.05) is 19.6 Å². The molecule has 238 valence electrons. The van der Waals surface area contributed by atoms with Crippen LogP contribution in [0.2, 0.25) is 25.7 Å². The minimum atomic E-state index is -3.00. The fraction of sp³-hybridized carbons (Fsp3) is 0.500. The number of nitrogens with zero attached hydrogens (tertiary/aromatic N) is 5. The van der Waals surface area contributed by atoms with E-state index in [9.17, 15) is 18.4 Å². The maximum Gasteiger partial charge on any atom is 0.387 e. The molecule has 0 atom stereocenters. The van der Waals surface area contributed by atoms with Gasteiger partial charge in [-0.15, -0.1) is 0 Å². The molecule has 4 aromatic rings. The average molecular weight is 631 g/mol. The highest BCUT2D eigenvalue weighted by Crippen LogP contribution is 2.32. The Kier molecular flexibility index (Phi) is 10.0. The van der Waals surface area contributed by atoms with E-state index in [2.05, 4.69) is 34.7 Å². The standard InChI is InChI=1S/C30H40F2N6O5Si/c1-30(2,3)35-28(40)21-17-37(18-42-13-14-44(5,6)7)27-26(21)34-22(16-33-27)25-20-15-19(43-29(31)32)10-11-23(20)38(36-25)12-8-9-24(39)41-4/h10-11,15-17,29H,8-9,12-14,18H2,1-7H3,(H,35,40). The smallest absolute Gasteiger partial charge is 0.387 e. The lowest BCUT2D eigenvalue weighted by atomic mass is 10.1. The Morgan fingerprint density at radius 2 is 1.91 bits per heavy atom. The molecule has 44 heavy (non-hydrogen) atoms. The number of methoxy groups -OCH3 is 1. The van der Waals surface area contributed by atoms with Gasteiger partial charge in [0.15, 0.2) is 5.65 Å². The fourth-order valence-corrected chi connectivity index (χ4v) is 5.31. The second-order valence-corrected chi connectivity index (χ2v) is 18.4. The lowest BCUT2D eigenvalue weighted by Crippen LogP contribution is -2.40. The van der Waals surface area contributed by atoms with Crippen molar-refractivity contribution in [3.8, 4) is 17.1 Å². The largest absolute Gasteiger partial charge is 0.469 e. The first-order valence-corrected chi connectivity index (χ1v) is 18.1. The molecule has 0 aliphatic carbocycles.